The van der Waals surface area contributed by atoms with Gasteiger partial charge in [0, 0.05) is 17.3 Å². The lowest BCUT2D eigenvalue weighted by atomic mass is 9.95. The Morgan fingerprint density at radius 2 is 1.94 bits per heavy atom. The van der Waals surface area contributed by atoms with Gasteiger partial charge in [-0.2, -0.15) is 0 Å². The molecule has 0 aliphatic heterocycles. The highest BCUT2D eigenvalue weighted by Crippen LogP contribution is 2.34. The number of thioether (sulfide) groups is 1. The van der Waals surface area contributed by atoms with Crippen LogP contribution in [-0.2, 0) is 11.2 Å². The summed E-state index contributed by atoms with van der Waals surface area (Å²) < 4.78 is 15.5. The Morgan fingerprint density at radius 3 is 2.62 bits per heavy atom. The third-order valence-electron chi connectivity index (χ3n) is 5.97. The van der Waals surface area contributed by atoms with E-state index in [1.807, 2.05) is 13.8 Å². The summed E-state index contributed by atoms with van der Waals surface area (Å²) in [5, 5.41) is 14.7. The van der Waals surface area contributed by atoms with Gasteiger partial charge in [-0.05, 0) is 55.8 Å². The Morgan fingerprint density at radius 1 is 1.19 bits per heavy atom. The molecule has 1 aliphatic rings. The van der Waals surface area contributed by atoms with E-state index in [1.54, 1.807) is 23.5 Å². The fourth-order valence-electron chi connectivity index (χ4n) is 4.16. The minimum atomic E-state index is -0.320. The zero-order chi connectivity index (χ0) is 22.5. The number of nitrogens with zero attached hydrogens (tertiary/aromatic N) is 3. The topological polar surface area (TPSA) is 59.8 Å². The zero-order valence-corrected chi connectivity index (χ0v) is 20.1. The van der Waals surface area contributed by atoms with Crippen LogP contribution in [-0.4, -0.2) is 25.9 Å². The molecule has 170 valence electrons. The standard InChI is InChI=1S/C24H29FN4OS2/c1-16(18-10-12-19(25)13-11-18)26-23(30)17(2)32-24-28-27-22(15-21-9-6-14-31-21)29(24)20-7-4-3-5-8-20/h6,9-14,16-17,20H,3-5,7-8,15H2,1-2H3,(H,26,30). The summed E-state index contributed by atoms with van der Waals surface area (Å²) in [6.45, 7) is 3.81. The molecular weight excluding hydrogens is 443 g/mol. The smallest absolute Gasteiger partial charge is 0.233 e. The number of rotatable bonds is 8. The van der Waals surface area contributed by atoms with Gasteiger partial charge < -0.3 is 9.88 Å². The molecule has 8 heteroatoms. The van der Waals surface area contributed by atoms with Gasteiger partial charge in [-0.15, -0.1) is 21.5 Å². The van der Waals surface area contributed by atoms with Gasteiger partial charge in [0.2, 0.25) is 5.91 Å². The second-order valence-electron chi connectivity index (χ2n) is 8.36. The minimum absolute atomic E-state index is 0.0650. The fraction of sp³-hybridized carbons (Fsp3) is 0.458. The average Bonchev–Trinajstić information content (AvgIpc) is 3.45. The second kappa shape index (κ2) is 10.6. The van der Waals surface area contributed by atoms with Crippen molar-refractivity contribution >= 4 is 29.0 Å². The molecule has 1 N–H and O–H groups in total. The SMILES string of the molecule is CC(Sc1nnc(Cc2cccs2)n1C1CCCCC1)C(=O)NC(C)c1ccc(F)cc1. The van der Waals surface area contributed by atoms with Gasteiger partial charge in [0.1, 0.15) is 11.6 Å². The number of benzene rings is 1. The summed E-state index contributed by atoms with van der Waals surface area (Å²) >= 11 is 3.20. The number of carbonyl (C=O) groups is 1. The van der Waals surface area contributed by atoms with E-state index in [-0.39, 0.29) is 23.0 Å². The first-order valence-electron chi connectivity index (χ1n) is 11.2. The molecule has 1 fully saturated rings. The van der Waals surface area contributed by atoms with Crippen LogP contribution in [0.2, 0.25) is 0 Å². The Balaban J connectivity index is 1.47. The lowest BCUT2D eigenvalue weighted by Gasteiger charge is -2.26. The predicted molar refractivity (Wildman–Crippen MR) is 128 cm³/mol. The van der Waals surface area contributed by atoms with Crippen LogP contribution < -0.4 is 5.32 Å². The first-order valence-corrected chi connectivity index (χ1v) is 13.0. The molecule has 0 spiro atoms. The van der Waals surface area contributed by atoms with E-state index in [9.17, 15) is 9.18 Å². The minimum Gasteiger partial charge on any atom is -0.349 e. The van der Waals surface area contributed by atoms with E-state index in [2.05, 4.69) is 37.6 Å². The number of carbonyl (C=O) groups excluding carboxylic acids is 1. The van der Waals surface area contributed by atoms with Crippen LogP contribution >= 0.6 is 23.1 Å². The summed E-state index contributed by atoms with van der Waals surface area (Å²) in [4.78, 5) is 14.2. The summed E-state index contributed by atoms with van der Waals surface area (Å²) in [6.07, 6.45) is 6.75. The van der Waals surface area contributed by atoms with Crippen LogP contribution in [0.1, 0.15) is 74.3 Å². The molecule has 0 radical (unpaired) electrons. The predicted octanol–water partition coefficient (Wildman–Crippen LogP) is 5.93. The van der Waals surface area contributed by atoms with Crippen molar-refractivity contribution in [3.8, 4) is 0 Å². The lowest BCUT2D eigenvalue weighted by Crippen LogP contribution is -2.33. The molecule has 2 heterocycles. The third-order valence-corrected chi connectivity index (χ3v) is 7.90. The molecule has 3 aromatic rings. The van der Waals surface area contributed by atoms with Gasteiger partial charge in [-0.1, -0.05) is 49.2 Å². The van der Waals surface area contributed by atoms with E-state index in [0.29, 0.717) is 6.04 Å². The third kappa shape index (κ3) is 5.59. The zero-order valence-electron chi connectivity index (χ0n) is 18.5. The van der Waals surface area contributed by atoms with E-state index in [0.717, 1.165) is 35.8 Å². The highest BCUT2D eigenvalue weighted by molar-refractivity contribution is 8.00. The summed E-state index contributed by atoms with van der Waals surface area (Å²) in [6, 6.07) is 10.6. The Bertz CT molecular complexity index is 1010. The number of nitrogens with one attached hydrogen (secondary N) is 1. The van der Waals surface area contributed by atoms with Gasteiger partial charge in [0.05, 0.1) is 11.3 Å². The first-order chi connectivity index (χ1) is 15.5. The lowest BCUT2D eigenvalue weighted by molar-refractivity contribution is -0.120. The summed E-state index contributed by atoms with van der Waals surface area (Å²) in [7, 11) is 0. The van der Waals surface area contributed by atoms with Crippen molar-refractivity contribution in [3.63, 3.8) is 0 Å². The molecule has 0 saturated heterocycles. The van der Waals surface area contributed by atoms with Gasteiger partial charge >= 0.3 is 0 Å². The maximum absolute atomic E-state index is 13.2. The highest BCUT2D eigenvalue weighted by atomic mass is 32.2. The molecule has 5 nitrogen and oxygen atoms in total. The molecular formula is C24H29FN4OS2. The van der Waals surface area contributed by atoms with Crippen molar-refractivity contribution in [2.75, 3.05) is 0 Å². The molecule has 32 heavy (non-hydrogen) atoms. The largest absolute Gasteiger partial charge is 0.349 e. The van der Waals surface area contributed by atoms with E-state index < -0.39 is 0 Å². The Labute approximate surface area is 196 Å². The van der Waals surface area contributed by atoms with E-state index >= 15 is 0 Å². The van der Waals surface area contributed by atoms with Gasteiger partial charge in [-0.25, -0.2) is 4.39 Å². The van der Waals surface area contributed by atoms with Crippen molar-refractivity contribution in [1.82, 2.24) is 20.1 Å². The molecule has 2 unspecified atom stereocenters. The number of amides is 1. The van der Waals surface area contributed by atoms with Crippen LogP contribution in [0.25, 0.3) is 0 Å². The summed E-state index contributed by atoms with van der Waals surface area (Å²) in [5.74, 6) is 0.635. The number of halogens is 1. The maximum atomic E-state index is 13.2. The van der Waals surface area contributed by atoms with Crippen molar-refractivity contribution in [2.24, 2.45) is 0 Å². The van der Waals surface area contributed by atoms with E-state index in [1.165, 1.54) is 48.0 Å². The van der Waals surface area contributed by atoms with Crippen molar-refractivity contribution in [1.29, 1.82) is 0 Å². The molecule has 0 bridgehead atoms. The van der Waals surface area contributed by atoms with Crippen molar-refractivity contribution in [3.05, 3.63) is 63.9 Å². The van der Waals surface area contributed by atoms with Crippen LogP contribution in [0.15, 0.2) is 46.9 Å². The Kier molecular flexibility index (Phi) is 7.63. The van der Waals surface area contributed by atoms with Crippen molar-refractivity contribution < 1.29 is 9.18 Å². The van der Waals surface area contributed by atoms with Crippen LogP contribution in [0.3, 0.4) is 0 Å². The van der Waals surface area contributed by atoms with Crippen molar-refractivity contribution in [2.45, 2.75) is 74.9 Å². The van der Waals surface area contributed by atoms with Crippen LogP contribution in [0.5, 0.6) is 0 Å². The van der Waals surface area contributed by atoms with Gasteiger partial charge in [-0.3, -0.25) is 4.79 Å². The number of aromatic nitrogens is 3. The van der Waals surface area contributed by atoms with Crippen LogP contribution in [0, 0.1) is 5.82 Å². The number of hydrogen-bond acceptors (Lipinski definition) is 5. The number of hydrogen-bond donors (Lipinski definition) is 1. The molecule has 1 aromatic carbocycles. The monoisotopic (exact) mass is 472 g/mol. The first kappa shape index (κ1) is 23.0. The molecule has 4 rings (SSSR count). The fourth-order valence-corrected chi connectivity index (χ4v) is 5.81. The average molecular weight is 473 g/mol. The molecule has 1 saturated carbocycles. The summed E-state index contributed by atoms with van der Waals surface area (Å²) in [5.41, 5.74) is 0.876. The molecule has 1 amide bonds. The van der Waals surface area contributed by atoms with E-state index in [4.69, 9.17) is 0 Å². The maximum Gasteiger partial charge on any atom is 0.233 e. The molecule has 2 aromatic heterocycles. The normalized spacial score (nSPS) is 16.6. The highest BCUT2D eigenvalue weighted by Gasteiger charge is 2.26. The Hall–Kier alpha value is -2.19. The van der Waals surface area contributed by atoms with Crippen LogP contribution in [0.4, 0.5) is 4.39 Å². The molecule has 1 aliphatic carbocycles. The van der Waals surface area contributed by atoms with Gasteiger partial charge in [0.25, 0.3) is 0 Å². The number of thiophene rings is 1. The quantitative estimate of drug-likeness (QED) is 0.413. The van der Waals surface area contributed by atoms with Gasteiger partial charge in [0.15, 0.2) is 5.16 Å². The second-order valence-corrected chi connectivity index (χ2v) is 10.7. The molecule has 2 atom stereocenters.